The Hall–Kier alpha value is -5.46. The number of nitriles is 1. The number of phenols is 1. The predicted octanol–water partition coefficient (Wildman–Crippen LogP) is 4.38. The van der Waals surface area contributed by atoms with E-state index in [2.05, 4.69) is 6.07 Å². The van der Waals surface area contributed by atoms with E-state index in [0.29, 0.717) is 5.56 Å². The number of esters is 4. The molecule has 2 heterocycles. The zero-order valence-corrected chi connectivity index (χ0v) is 28.8. The molecule has 0 spiro atoms. The number of aromatic nitrogens is 1. The summed E-state index contributed by atoms with van der Waals surface area (Å²) in [7, 11) is 1.37. The van der Waals surface area contributed by atoms with Crippen molar-refractivity contribution in [1.29, 1.82) is 5.26 Å². The fourth-order valence-corrected chi connectivity index (χ4v) is 6.60. The molecule has 0 bridgehead atoms. The SMILES string of the molecule is COc1ccc(-c2c(C#N)c(S[C@@H]3O[C@H](COC(C)=O)[C@@H](OC(C)=O)[C@H](OC(C)=O)[C@H]3OC(C)=O)nc(-c3ccccc3)c2C(C)=O)cc1O. The van der Waals surface area contributed by atoms with Gasteiger partial charge in [0.05, 0.1) is 23.9 Å². The molecule has 4 rings (SSSR count). The summed E-state index contributed by atoms with van der Waals surface area (Å²) in [5, 5.41) is 21.3. The van der Waals surface area contributed by atoms with Gasteiger partial charge in [0.1, 0.15) is 23.8 Å². The Labute approximate surface area is 291 Å². The van der Waals surface area contributed by atoms with Crippen LogP contribution in [0.15, 0.2) is 53.6 Å². The van der Waals surface area contributed by atoms with Crippen LogP contribution in [-0.4, -0.2) is 83.3 Å². The lowest BCUT2D eigenvalue weighted by Crippen LogP contribution is -2.61. The Morgan fingerprint density at radius 1 is 0.860 bits per heavy atom. The number of ketones is 1. The number of Topliss-reactive ketones (excluding diaryl/α,β-unsaturated/α-hetero) is 1. The number of benzene rings is 2. The van der Waals surface area contributed by atoms with Crippen molar-refractivity contribution >= 4 is 41.4 Å². The minimum atomic E-state index is -1.46. The van der Waals surface area contributed by atoms with Crippen LogP contribution in [0.25, 0.3) is 22.4 Å². The van der Waals surface area contributed by atoms with Gasteiger partial charge in [-0.3, -0.25) is 24.0 Å². The number of aromatic hydroxyl groups is 1. The average molecular weight is 707 g/mol. The Balaban J connectivity index is 2.00. The molecule has 0 radical (unpaired) electrons. The van der Waals surface area contributed by atoms with Crippen LogP contribution in [0.4, 0.5) is 0 Å². The first-order valence-electron chi connectivity index (χ1n) is 15.1. The van der Waals surface area contributed by atoms with Gasteiger partial charge in [-0.15, -0.1) is 0 Å². The van der Waals surface area contributed by atoms with Crippen LogP contribution in [0.5, 0.6) is 11.5 Å². The Bertz CT molecular complexity index is 1840. The van der Waals surface area contributed by atoms with E-state index in [0.717, 1.165) is 39.5 Å². The minimum absolute atomic E-state index is 0.00237. The largest absolute Gasteiger partial charge is 0.504 e. The molecule has 14 nitrogen and oxygen atoms in total. The maximum Gasteiger partial charge on any atom is 0.303 e. The van der Waals surface area contributed by atoms with E-state index in [4.69, 9.17) is 33.4 Å². The van der Waals surface area contributed by atoms with Crippen LogP contribution >= 0.6 is 11.8 Å². The molecule has 0 aliphatic carbocycles. The van der Waals surface area contributed by atoms with Gasteiger partial charge < -0.3 is 33.5 Å². The monoisotopic (exact) mass is 706 g/mol. The molecule has 0 saturated carbocycles. The number of carbonyl (C=O) groups is 5. The molecule has 5 atom stereocenters. The second-order valence-corrected chi connectivity index (χ2v) is 12.1. The number of pyridine rings is 1. The Morgan fingerprint density at radius 3 is 2.02 bits per heavy atom. The molecular weight excluding hydrogens is 672 g/mol. The van der Waals surface area contributed by atoms with Gasteiger partial charge in [-0.1, -0.05) is 48.2 Å². The summed E-state index contributed by atoms with van der Waals surface area (Å²) in [6, 6.07) is 15.2. The number of thioether (sulfide) groups is 1. The van der Waals surface area contributed by atoms with Crippen LogP contribution in [-0.2, 0) is 42.9 Å². The van der Waals surface area contributed by atoms with E-state index in [-0.39, 0.29) is 44.5 Å². The van der Waals surface area contributed by atoms with Crippen molar-refractivity contribution in [2.24, 2.45) is 0 Å². The van der Waals surface area contributed by atoms with Gasteiger partial charge in [-0.25, -0.2) is 4.98 Å². The van der Waals surface area contributed by atoms with Crippen LogP contribution in [0.2, 0.25) is 0 Å². The number of ether oxygens (including phenoxy) is 6. The summed E-state index contributed by atoms with van der Waals surface area (Å²) >= 11 is 0.802. The number of phenolic OH excluding ortho intramolecular Hbond substituents is 1. The maximum absolute atomic E-state index is 13.4. The molecule has 1 aromatic heterocycles. The molecule has 0 amide bonds. The molecule has 1 N–H and O–H groups in total. The second-order valence-electron chi connectivity index (χ2n) is 11.0. The molecular formula is C35H34N2O12S. The Kier molecular flexibility index (Phi) is 12.2. The lowest BCUT2D eigenvalue weighted by molar-refractivity contribution is -0.237. The van der Waals surface area contributed by atoms with Crippen molar-refractivity contribution in [3.63, 3.8) is 0 Å². The number of nitrogens with zero attached hydrogens (tertiary/aromatic N) is 2. The quantitative estimate of drug-likeness (QED) is 0.167. The molecule has 262 valence electrons. The van der Waals surface area contributed by atoms with Crippen molar-refractivity contribution in [3.8, 4) is 40.0 Å². The van der Waals surface area contributed by atoms with Gasteiger partial charge in [-0.05, 0) is 24.6 Å². The topological polar surface area (TPSA) is 198 Å². The fourth-order valence-electron chi connectivity index (χ4n) is 5.43. The minimum Gasteiger partial charge on any atom is -0.504 e. The first-order valence-corrected chi connectivity index (χ1v) is 16.0. The summed E-state index contributed by atoms with van der Waals surface area (Å²) in [6.07, 6.45) is -5.54. The van der Waals surface area contributed by atoms with E-state index in [1.165, 1.54) is 26.2 Å². The van der Waals surface area contributed by atoms with Crippen molar-refractivity contribution in [2.45, 2.75) is 69.5 Å². The molecule has 3 aromatic rings. The number of methoxy groups -OCH3 is 1. The number of rotatable bonds is 11. The highest BCUT2D eigenvalue weighted by atomic mass is 32.2. The fraction of sp³-hybridized carbons (Fsp3) is 0.343. The third-order valence-electron chi connectivity index (χ3n) is 7.32. The smallest absolute Gasteiger partial charge is 0.303 e. The van der Waals surface area contributed by atoms with Gasteiger partial charge in [0, 0.05) is 38.8 Å². The van der Waals surface area contributed by atoms with Gasteiger partial charge in [0.2, 0.25) is 0 Å². The second kappa shape index (κ2) is 16.3. The number of carbonyl (C=O) groups excluding carboxylic acids is 5. The third kappa shape index (κ3) is 8.57. The highest BCUT2D eigenvalue weighted by Crippen LogP contribution is 2.44. The number of hydrogen-bond donors (Lipinski definition) is 1. The molecule has 1 aliphatic heterocycles. The highest BCUT2D eigenvalue weighted by Gasteiger charge is 2.53. The number of hydrogen-bond acceptors (Lipinski definition) is 15. The highest BCUT2D eigenvalue weighted by molar-refractivity contribution is 7.99. The summed E-state index contributed by atoms with van der Waals surface area (Å²) in [5.41, 5.74) is -0.201. The van der Waals surface area contributed by atoms with Crippen LogP contribution in [0.1, 0.15) is 50.5 Å². The van der Waals surface area contributed by atoms with E-state index in [9.17, 15) is 34.3 Å². The van der Waals surface area contributed by atoms with Crippen molar-refractivity contribution in [1.82, 2.24) is 4.98 Å². The van der Waals surface area contributed by atoms with Crippen molar-refractivity contribution < 1.29 is 57.5 Å². The Morgan fingerprint density at radius 2 is 1.48 bits per heavy atom. The average Bonchev–Trinajstić information content (AvgIpc) is 3.05. The van der Waals surface area contributed by atoms with Gasteiger partial charge in [-0.2, -0.15) is 5.26 Å². The molecule has 1 saturated heterocycles. The first-order chi connectivity index (χ1) is 23.7. The molecule has 50 heavy (non-hydrogen) atoms. The molecule has 0 unspecified atom stereocenters. The summed E-state index contributed by atoms with van der Waals surface area (Å²) in [4.78, 5) is 66.9. The van der Waals surface area contributed by atoms with Crippen LogP contribution in [0, 0.1) is 11.3 Å². The first kappa shape index (κ1) is 37.4. The molecule has 1 fully saturated rings. The van der Waals surface area contributed by atoms with E-state index >= 15 is 0 Å². The van der Waals surface area contributed by atoms with Crippen molar-refractivity contribution in [2.75, 3.05) is 13.7 Å². The van der Waals surface area contributed by atoms with Crippen LogP contribution < -0.4 is 4.74 Å². The molecule has 1 aliphatic rings. The van der Waals surface area contributed by atoms with Gasteiger partial charge in [0.25, 0.3) is 0 Å². The van der Waals surface area contributed by atoms with Crippen molar-refractivity contribution in [3.05, 3.63) is 59.7 Å². The molecule has 15 heteroatoms. The van der Waals surface area contributed by atoms with E-state index in [1.807, 2.05) is 0 Å². The standard InChI is InChI=1S/C35H34N2O12S/c1-17(38)28-29(23-12-13-26(44-6)25(43)14-23)24(15-36)34(37-30(28)22-10-8-7-9-11-22)50-35-33(48-21(5)42)32(47-20(4)41)31(46-19(3)40)27(49-35)16-45-18(2)39/h7-14,27,31-33,35,43H,16H2,1-6H3/t27-,31-,32+,33-,35+/m1/s1. The van der Waals surface area contributed by atoms with Gasteiger partial charge >= 0.3 is 23.9 Å². The van der Waals surface area contributed by atoms with Gasteiger partial charge in [0.15, 0.2) is 41.0 Å². The predicted molar refractivity (Wildman–Crippen MR) is 176 cm³/mol. The van der Waals surface area contributed by atoms with Crippen LogP contribution in [0.3, 0.4) is 0 Å². The zero-order chi connectivity index (χ0) is 36.7. The summed E-state index contributed by atoms with van der Waals surface area (Å²) in [5.74, 6) is -3.61. The van der Waals surface area contributed by atoms with E-state index in [1.54, 1.807) is 36.4 Å². The lowest BCUT2D eigenvalue weighted by Gasteiger charge is -2.44. The summed E-state index contributed by atoms with van der Waals surface area (Å²) < 4.78 is 33.3. The lowest BCUT2D eigenvalue weighted by atomic mass is 9.90. The summed E-state index contributed by atoms with van der Waals surface area (Å²) in [6.45, 7) is 5.35. The normalized spacial score (nSPS) is 19.7. The zero-order valence-electron chi connectivity index (χ0n) is 28.0. The maximum atomic E-state index is 13.4. The molecule has 2 aromatic carbocycles. The van der Waals surface area contributed by atoms with E-state index < -0.39 is 66.1 Å². The third-order valence-corrected chi connectivity index (χ3v) is 8.45.